The average Bonchev–Trinajstić information content (AvgIpc) is 3.31. The van der Waals surface area contributed by atoms with Crippen LogP contribution >= 0.6 is 15.9 Å². The van der Waals surface area contributed by atoms with Crippen LogP contribution < -0.4 is 10.6 Å². The first-order valence-corrected chi connectivity index (χ1v) is 9.46. The number of nitriles is 1. The molecule has 0 aromatic heterocycles. The Morgan fingerprint density at radius 2 is 1.81 bits per heavy atom. The largest absolute Gasteiger partial charge is 0.412 e. The summed E-state index contributed by atoms with van der Waals surface area (Å²) in [5.41, 5.74) is -1.15. The van der Waals surface area contributed by atoms with Crippen molar-refractivity contribution in [2.75, 3.05) is 0 Å². The van der Waals surface area contributed by atoms with Crippen molar-refractivity contribution < 1.29 is 18.0 Å². The summed E-state index contributed by atoms with van der Waals surface area (Å²) >= 11 is 3.19. The van der Waals surface area contributed by atoms with E-state index in [1.165, 1.54) is 24.3 Å². The van der Waals surface area contributed by atoms with E-state index >= 15 is 0 Å². The van der Waals surface area contributed by atoms with Gasteiger partial charge < -0.3 is 5.32 Å². The zero-order chi connectivity index (χ0) is 20.5. The quantitative estimate of drug-likeness (QED) is 0.671. The second kappa shape index (κ2) is 7.80. The Balaban J connectivity index is 2.23. The maximum atomic E-state index is 13.6. The van der Waals surface area contributed by atoms with Gasteiger partial charge in [-0.2, -0.15) is 18.4 Å². The van der Waals surface area contributed by atoms with Crippen LogP contribution in [0.4, 0.5) is 13.2 Å². The minimum absolute atomic E-state index is 0.0463. The van der Waals surface area contributed by atoms with Crippen molar-refractivity contribution in [1.82, 2.24) is 10.6 Å². The highest BCUT2D eigenvalue weighted by molar-refractivity contribution is 9.10. The standard InChI is InChI=1S/C19H23BrF3N3O/c1-17(2,3)10-14(26-18(11-24)8-9-18)16(27)25-15(19(21,22)23)12-4-6-13(20)7-5-12/h4-7,14-15,26H,8-10H2,1-3H3,(H,25,27)/t14-,15-/m0/s1. The smallest absolute Gasteiger partial charge is 0.339 e. The third kappa shape index (κ3) is 6.22. The molecule has 0 spiro atoms. The molecule has 1 amide bonds. The van der Waals surface area contributed by atoms with Gasteiger partial charge in [0.1, 0.15) is 5.54 Å². The minimum atomic E-state index is -4.64. The van der Waals surface area contributed by atoms with Gasteiger partial charge in [-0.25, -0.2) is 0 Å². The van der Waals surface area contributed by atoms with Crippen LogP contribution in [0.2, 0.25) is 0 Å². The molecule has 148 valence electrons. The number of benzene rings is 1. The van der Waals surface area contributed by atoms with Crippen LogP contribution in [0.5, 0.6) is 0 Å². The Morgan fingerprint density at radius 3 is 2.22 bits per heavy atom. The molecule has 1 aromatic carbocycles. The van der Waals surface area contributed by atoms with Gasteiger partial charge in [-0.05, 0) is 42.4 Å². The van der Waals surface area contributed by atoms with E-state index in [4.69, 9.17) is 0 Å². The van der Waals surface area contributed by atoms with E-state index in [0.29, 0.717) is 23.7 Å². The van der Waals surface area contributed by atoms with E-state index in [1.807, 2.05) is 20.8 Å². The number of alkyl halides is 3. The monoisotopic (exact) mass is 445 g/mol. The Bertz CT molecular complexity index is 716. The number of carbonyl (C=O) groups excluding carboxylic acids is 1. The van der Waals surface area contributed by atoms with Gasteiger partial charge in [0.05, 0.1) is 12.1 Å². The predicted molar refractivity (Wildman–Crippen MR) is 99.7 cm³/mol. The maximum Gasteiger partial charge on any atom is 0.412 e. The second-order valence-corrected chi connectivity index (χ2v) is 9.11. The van der Waals surface area contributed by atoms with Gasteiger partial charge in [0.2, 0.25) is 5.91 Å². The number of hydrogen-bond donors (Lipinski definition) is 2. The molecule has 0 heterocycles. The van der Waals surface area contributed by atoms with E-state index in [-0.39, 0.29) is 11.0 Å². The summed E-state index contributed by atoms with van der Waals surface area (Å²) in [6, 6.07) is 4.78. The Morgan fingerprint density at radius 1 is 1.26 bits per heavy atom. The fourth-order valence-corrected chi connectivity index (χ4v) is 3.09. The molecular formula is C19H23BrF3N3O. The van der Waals surface area contributed by atoms with Gasteiger partial charge in [0.15, 0.2) is 6.04 Å². The number of rotatable bonds is 6. The summed E-state index contributed by atoms with van der Waals surface area (Å²) in [7, 11) is 0. The topological polar surface area (TPSA) is 64.9 Å². The molecule has 0 saturated heterocycles. The van der Waals surface area contributed by atoms with Crippen LogP contribution in [0.3, 0.4) is 0 Å². The van der Waals surface area contributed by atoms with Gasteiger partial charge in [-0.15, -0.1) is 0 Å². The molecule has 1 saturated carbocycles. The number of hydrogen-bond acceptors (Lipinski definition) is 3. The minimum Gasteiger partial charge on any atom is -0.339 e. The molecule has 0 bridgehead atoms. The molecule has 0 aliphatic heterocycles. The lowest BCUT2D eigenvalue weighted by Crippen LogP contribution is -2.52. The third-order valence-electron chi connectivity index (χ3n) is 4.36. The summed E-state index contributed by atoms with van der Waals surface area (Å²) in [5.74, 6) is -0.753. The highest BCUT2D eigenvalue weighted by atomic mass is 79.9. The highest BCUT2D eigenvalue weighted by Gasteiger charge is 2.48. The van der Waals surface area contributed by atoms with E-state index in [1.54, 1.807) is 0 Å². The van der Waals surface area contributed by atoms with Gasteiger partial charge >= 0.3 is 6.18 Å². The van der Waals surface area contributed by atoms with E-state index < -0.39 is 29.7 Å². The molecule has 2 N–H and O–H groups in total. The SMILES string of the molecule is CC(C)(C)C[C@H](NC1(C#N)CC1)C(=O)N[C@@H](c1ccc(Br)cc1)C(F)(F)F. The first kappa shape index (κ1) is 21.7. The number of nitrogens with zero attached hydrogens (tertiary/aromatic N) is 1. The predicted octanol–water partition coefficient (Wildman–Crippen LogP) is 4.62. The molecule has 0 radical (unpaired) electrons. The Labute approximate surface area is 165 Å². The van der Waals surface area contributed by atoms with Crippen molar-refractivity contribution >= 4 is 21.8 Å². The van der Waals surface area contributed by atoms with Gasteiger partial charge in [0.25, 0.3) is 0 Å². The first-order valence-electron chi connectivity index (χ1n) is 8.67. The molecule has 1 aromatic rings. The van der Waals surface area contributed by atoms with Crippen molar-refractivity contribution in [3.63, 3.8) is 0 Å². The fraction of sp³-hybridized carbons (Fsp3) is 0.579. The van der Waals surface area contributed by atoms with E-state index in [2.05, 4.69) is 32.6 Å². The molecule has 8 heteroatoms. The third-order valence-corrected chi connectivity index (χ3v) is 4.89. The van der Waals surface area contributed by atoms with Crippen LogP contribution in [-0.2, 0) is 4.79 Å². The molecule has 1 aliphatic carbocycles. The number of nitrogens with one attached hydrogen (secondary N) is 2. The first-order chi connectivity index (χ1) is 12.4. The van der Waals surface area contributed by atoms with E-state index in [9.17, 15) is 23.2 Å². The molecule has 4 nitrogen and oxygen atoms in total. The van der Waals surface area contributed by atoms with Crippen molar-refractivity contribution in [1.29, 1.82) is 5.26 Å². The summed E-state index contributed by atoms with van der Waals surface area (Å²) in [5, 5.41) is 14.4. The summed E-state index contributed by atoms with van der Waals surface area (Å²) in [4.78, 5) is 12.7. The molecular weight excluding hydrogens is 423 g/mol. The number of halogens is 4. The molecule has 2 atom stereocenters. The van der Waals surface area contributed by atoms with Crippen LogP contribution in [-0.4, -0.2) is 23.7 Å². The van der Waals surface area contributed by atoms with Crippen LogP contribution in [0.25, 0.3) is 0 Å². The number of carbonyl (C=O) groups is 1. The van der Waals surface area contributed by atoms with Gasteiger partial charge in [0, 0.05) is 4.47 Å². The molecule has 1 aliphatic rings. The summed E-state index contributed by atoms with van der Waals surface area (Å²) in [6.45, 7) is 5.70. The average molecular weight is 446 g/mol. The molecule has 1 fully saturated rings. The molecule has 2 rings (SSSR count). The lowest BCUT2D eigenvalue weighted by molar-refractivity contribution is -0.164. The zero-order valence-corrected chi connectivity index (χ0v) is 17.0. The highest BCUT2D eigenvalue weighted by Crippen LogP contribution is 2.37. The normalized spacial score (nSPS) is 18.3. The lowest BCUT2D eigenvalue weighted by Gasteiger charge is -2.30. The van der Waals surface area contributed by atoms with Crippen molar-refractivity contribution in [3.05, 3.63) is 34.3 Å². The van der Waals surface area contributed by atoms with E-state index in [0.717, 1.165) is 0 Å². The van der Waals surface area contributed by atoms with Gasteiger partial charge in [-0.1, -0.05) is 48.8 Å². The second-order valence-electron chi connectivity index (χ2n) is 8.19. The summed E-state index contributed by atoms with van der Waals surface area (Å²) in [6.07, 6.45) is -3.14. The molecule has 0 unspecified atom stereocenters. The maximum absolute atomic E-state index is 13.6. The van der Waals surface area contributed by atoms with Crippen LogP contribution in [0.1, 0.15) is 51.6 Å². The van der Waals surface area contributed by atoms with Crippen LogP contribution in [0, 0.1) is 16.7 Å². The van der Waals surface area contributed by atoms with Crippen molar-refractivity contribution in [2.24, 2.45) is 5.41 Å². The van der Waals surface area contributed by atoms with Crippen molar-refractivity contribution in [2.45, 2.75) is 63.8 Å². The summed E-state index contributed by atoms with van der Waals surface area (Å²) < 4.78 is 41.4. The Hall–Kier alpha value is -1.59. The fourth-order valence-electron chi connectivity index (χ4n) is 2.82. The molecule has 27 heavy (non-hydrogen) atoms. The lowest BCUT2D eigenvalue weighted by atomic mass is 9.87. The van der Waals surface area contributed by atoms with Crippen LogP contribution in [0.15, 0.2) is 28.7 Å². The zero-order valence-electron chi connectivity index (χ0n) is 15.5. The number of amides is 1. The Kier molecular flexibility index (Phi) is 6.27. The van der Waals surface area contributed by atoms with Gasteiger partial charge in [-0.3, -0.25) is 10.1 Å². The van der Waals surface area contributed by atoms with Crippen molar-refractivity contribution in [3.8, 4) is 6.07 Å².